The number of fused-ring (bicyclic) bond motifs is 2. The highest BCUT2D eigenvalue weighted by molar-refractivity contribution is 8.00. The lowest BCUT2D eigenvalue weighted by molar-refractivity contribution is -0.223. The molecule has 7 atom stereocenters. The highest BCUT2D eigenvalue weighted by Gasteiger charge is 2.64. The van der Waals surface area contributed by atoms with E-state index in [1.54, 1.807) is 48.6 Å². The van der Waals surface area contributed by atoms with Crippen LogP contribution in [-0.2, 0) is 27.3 Å². The molecule has 4 aliphatic rings. The van der Waals surface area contributed by atoms with Crippen molar-refractivity contribution in [1.82, 2.24) is 9.97 Å². The Morgan fingerprint density at radius 3 is 2.68 bits per heavy atom. The highest BCUT2D eigenvalue weighted by Crippen LogP contribution is 2.62. The van der Waals surface area contributed by atoms with Gasteiger partial charge in [0.1, 0.15) is 23.9 Å². The van der Waals surface area contributed by atoms with Gasteiger partial charge in [-0.15, -0.1) is 6.58 Å². The molecule has 0 spiro atoms. The van der Waals surface area contributed by atoms with E-state index in [0.29, 0.717) is 37.2 Å². The molecule has 3 aromatic rings. The number of unbranched alkanes of at least 4 members (excludes halogenated alkanes) is 2. The lowest BCUT2D eigenvalue weighted by Crippen LogP contribution is -2.64. The zero-order chi connectivity index (χ0) is 39.5. The summed E-state index contributed by atoms with van der Waals surface area (Å²) < 4.78 is 41.3. The van der Waals surface area contributed by atoms with E-state index in [1.807, 2.05) is 18.2 Å². The summed E-state index contributed by atoms with van der Waals surface area (Å²) in [7, 11) is 0. The molecule has 1 aromatic heterocycles. The highest BCUT2D eigenvalue weighted by atomic mass is 32.2. The summed E-state index contributed by atoms with van der Waals surface area (Å²) in [5.74, 6) is 0.630. The second-order valence-electron chi connectivity index (χ2n) is 15.3. The van der Waals surface area contributed by atoms with Gasteiger partial charge < -0.3 is 34.0 Å². The number of hydrogen-bond acceptors (Lipinski definition) is 11. The van der Waals surface area contributed by atoms with Crippen LogP contribution in [0.2, 0.25) is 0 Å². The van der Waals surface area contributed by atoms with Crippen molar-refractivity contribution in [3.63, 3.8) is 0 Å². The fraction of sp³-hybridized carbons (Fsp3) is 0.533. The molecule has 7 rings (SSSR count). The number of benzene rings is 2. The minimum Gasteiger partial charge on any atom is -0.489 e. The Bertz CT molecular complexity index is 1830. The molecule has 3 heterocycles. The quantitative estimate of drug-likeness (QED) is 0.0655. The number of halogens is 1. The van der Waals surface area contributed by atoms with Crippen LogP contribution in [0.15, 0.2) is 90.5 Å². The third-order valence-electron chi connectivity index (χ3n) is 11.7. The number of aliphatic hydroxyl groups is 2. The number of aliphatic hydroxyl groups excluding tert-OH is 2. The fourth-order valence-electron chi connectivity index (χ4n) is 9.02. The molecular formula is C45H56FN3O7S. The molecule has 0 amide bonds. The molecule has 10 nitrogen and oxygen atoms in total. The van der Waals surface area contributed by atoms with Crippen molar-refractivity contribution in [2.75, 3.05) is 32.2 Å². The smallest absolute Gasteiger partial charge is 0.230 e. The molecule has 2 fully saturated rings. The second-order valence-corrected chi connectivity index (χ2v) is 16.7. The number of allylic oxidation sites excluding steroid dienone is 1. The Balaban J connectivity index is 1.34. The van der Waals surface area contributed by atoms with Crippen molar-refractivity contribution in [2.24, 2.45) is 22.9 Å². The van der Waals surface area contributed by atoms with Crippen LogP contribution in [0.4, 0.5) is 4.39 Å². The topological polar surface area (TPSA) is 125 Å². The van der Waals surface area contributed by atoms with E-state index in [9.17, 15) is 14.6 Å². The lowest BCUT2D eigenvalue weighted by atomic mass is 9.56. The Kier molecular flexibility index (Phi) is 14.7. The minimum atomic E-state index is -1.09. The molecule has 57 heavy (non-hydrogen) atoms. The zero-order valence-corrected chi connectivity index (χ0v) is 33.5. The van der Waals surface area contributed by atoms with Crippen molar-refractivity contribution in [2.45, 2.75) is 100 Å². The molecule has 2 aliphatic heterocycles. The molecule has 306 valence electrons. The van der Waals surface area contributed by atoms with E-state index in [0.717, 1.165) is 85.4 Å². The van der Waals surface area contributed by atoms with Gasteiger partial charge in [-0.25, -0.2) is 4.39 Å². The van der Waals surface area contributed by atoms with Gasteiger partial charge in [0, 0.05) is 68.1 Å². The first-order valence-corrected chi connectivity index (χ1v) is 21.7. The predicted molar refractivity (Wildman–Crippen MR) is 219 cm³/mol. The maximum absolute atomic E-state index is 14.7. The third-order valence-corrected chi connectivity index (χ3v) is 13.0. The summed E-state index contributed by atoms with van der Waals surface area (Å²) in [6.45, 7) is 5.32. The summed E-state index contributed by atoms with van der Waals surface area (Å²) in [4.78, 5) is 15.0. The van der Waals surface area contributed by atoms with E-state index in [2.05, 4.69) is 28.7 Å². The number of rotatable bonds is 20. The van der Waals surface area contributed by atoms with Gasteiger partial charge in [-0.3, -0.25) is 9.97 Å². The van der Waals surface area contributed by atoms with Gasteiger partial charge in [0.15, 0.2) is 0 Å². The van der Waals surface area contributed by atoms with Crippen LogP contribution in [-0.4, -0.2) is 75.4 Å². The molecular weight excluding hydrogens is 746 g/mol. The average Bonchev–Trinajstić information content (AvgIpc) is 3.24. The molecule has 2 aliphatic carbocycles. The third kappa shape index (κ3) is 9.74. The van der Waals surface area contributed by atoms with Crippen molar-refractivity contribution in [3.05, 3.63) is 108 Å². The maximum atomic E-state index is 14.7. The summed E-state index contributed by atoms with van der Waals surface area (Å²) in [5, 5.41) is 24.5. The van der Waals surface area contributed by atoms with Crippen LogP contribution >= 0.6 is 11.8 Å². The maximum Gasteiger partial charge on any atom is 0.230 e. The number of aryl methyl sites for hydroxylation is 1. The number of oxime groups is 1. The van der Waals surface area contributed by atoms with Crippen molar-refractivity contribution < 1.29 is 38.4 Å². The molecule has 2 aromatic carbocycles. The van der Waals surface area contributed by atoms with E-state index in [4.69, 9.17) is 28.9 Å². The van der Waals surface area contributed by atoms with Crippen LogP contribution in [0, 0.1) is 23.6 Å². The monoisotopic (exact) mass is 801 g/mol. The normalized spacial score (nSPS) is 27.1. The number of thioether (sulfide) groups is 1. The van der Waals surface area contributed by atoms with Crippen molar-refractivity contribution >= 4 is 17.5 Å². The van der Waals surface area contributed by atoms with Gasteiger partial charge in [0.25, 0.3) is 0 Å². The molecule has 0 radical (unpaired) electrons. The Morgan fingerprint density at radius 2 is 1.91 bits per heavy atom. The summed E-state index contributed by atoms with van der Waals surface area (Å²) in [6, 6.07) is 12.6. The second kappa shape index (κ2) is 20.2. The molecule has 0 bridgehead atoms. The van der Waals surface area contributed by atoms with E-state index in [-0.39, 0.29) is 61.2 Å². The Morgan fingerprint density at radius 1 is 1.05 bits per heavy atom. The number of ether oxygens (including phenoxy) is 4. The molecule has 1 saturated heterocycles. The molecule has 2 N–H and O–H groups in total. The summed E-state index contributed by atoms with van der Waals surface area (Å²) in [5.41, 5.74) is 4.33. The van der Waals surface area contributed by atoms with E-state index in [1.165, 1.54) is 6.07 Å². The molecule has 12 heteroatoms. The van der Waals surface area contributed by atoms with Crippen LogP contribution in [0.1, 0.15) is 86.9 Å². The predicted octanol–water partition coefficient (Wildman–Crippen LogP) is 8.33. The summed E-state index contributed by atoms with van der Waals surface area (Å²) in [6.07, 6.45) is 17.9. The van der Waals surface area contributed by atoms with Crippen molar-refractivity contribution in [3.8, 4) is 11.5 Å². The van der Waals surface area contributed by atoms with Gasteiger partial charge in [-0.05, 0) is 86.0 Å². The van der Waals surface area contributed by atoms with Crippen LogP contribution in [0.25, 0.3) is 0 Å². The largest absolute Gasteiger partial charge is 0.489 e. The van der Waals surface area contributed by atoms with Crippen LogP contribution in [0.5, 0.6) is 11.5 Å². The number of aromatic nitrogens is 2. The van der Waals surface area contributed by atoms with Gasteiger partial charge in [0.2, 0.25) is 12.1 Å². The SMILES string of the molecule is C=CCO[C@@]12Oc3ccc(OCc4ccccc4F)cc3[C@H]3[C@H](CCCCO)[C@@H](CCCCO)C=C(C(=NOC4CCCCO4)C[C@@H]1SCCc1cnccn1)[C@H]32. The molecule has 1 saturated carbocycles. The van der Waals surface area contributed by atoms with E-state index >= 15 is 0 Å². The molecule has 1 unspecified atom stereocenters. The van der Waals surface area contributed by atoms with Gasteiger partial charge in [-0.2, -0.15) is 11.8 Å². The standard InChI is InChI=1S/C45H56FN3O7S/c1-2-23-54-45-41(57-25-18-33-29-47-19-20-48-33)28-39(49-56-42-15-7-10-24-52-42)36-26-31(11-5-8-21-50)35(13-6-9-22-51)43(44(36)45)37-27-34(16-17-40(37)55-45)53-30-32-12-3-4-14-38(32)46/h2-4,12,14,16-17,19-20,26-27,29,31,35,41-44,50-51H,1,5-11,13,15,18,21-25,28,30H2/t31-,35+,41-,42?,43+,44+,45+/m0/s1. The zero-order valence-electron chi connectivity index (χ0n) is 32.7. The Labute approximate surface area is 339 Å². The average molecular weight is 802 g/mol. The van der Waals surface area contributed by atoms with Crippen LogP contribution < -0.4 is 9.47 Å². The van der Waals surface area contributed by atoms with E-state index < -0.39 is 12.1 Å². The number of hydrogen-bond donors (Lipinski definition) is 2. The fourth-order valence-corrected chi connectivity index (χ4v) is 10.4. The minimum absolute atomic E-state index is 0.0869. The first kappa shape index (κ1) is 41.4. The van der Waals surface area contributed by atoms with Crippen LogP contribution in [0.3, 0.4) is 0 Å². The first-order chi connectivity index (χ1) is 28.0. The Hall–Kier alpha value is -3.81. The van der Waals surface area contributed by atoms with Gasteiger partial charge >= 0.3 is 0 Å². The number of nitrogens with zero attached hydrogens (tertiary/aromatic N) is 3. The van der Waals surface area contributed by atoms with Gasteiger partial charge in [-0.1, -0.05) is 48.3 Å². The first-order valence-electron chi connectivity index (χ1n) is 20.6. The summed E-state index contributed by atoms with van der Waals surface area (Å²) >= 11 is 1.79. The lowest BCUT2D eigenvalue weighted by Gasteiger charge is -2.58. The van der Waals surface area contributed by atoms with Crippen molar-refractivity contribution in [1.29, 1.82) is 0 Å². The van der Waals surface area contributed by atoms with Gasteiger partial charge in [0.05, 0.1) is 35.8 Å².